The lowest BCUT2D eigenvalue weighted by molar-refractivity contribution is -0.145. The molecule has 0 radical (unpaired) electrons. The molecule has 0 aliphatic rings. The number of hydrogen-bond acceptors (Lipinski definition) is 4. The van der Waals surface area contributed by atoms with Crippen LogP contribution >= 0.6 is 0 Å². The Morgan fingerprint density at radius 2 is 1.70 bits per heavy atom. The predicted octanol–water partition coefficient (Wildman–Crippen LogP) is 3.13. The zero-order chi connectivity index (χ0) is 15.8. The van der Waals surface area contributed by atoms with Crippen molar-refractivity contribution in [2.75, 3.05) is 13.2 Å². The quantitative estimate of drug-likeness (QED) is 0.577. The van der Waals surface area contributed by atoms with Gasteiger partial charge in [0.25, 0.3) is 0 Å². The normalized spacial score (nSPS) is 12.9. The monoisotopic (exact) mass is 287 g/mol. The van der Waals surface area contributed by atoms with Gasteiger partial charge in [-0.05, 0) is 31.1 Å². The number of carbonyl (C=O) groups is 2. The van der Waals surface area contributed by atoms with Crippen LogP contribution in [0.4, 0.5) is 4.79 Å². The lowest BCUT2D eigenvalue weighted by Gasteiger charge is -2.19. The minimum atomic E-state index is -0.693. The zero-order valence-electron chi connectivity index (χ0n) is 13.6. The fraction of sp³-hybridized carbons (Fsp3) is 0.867. The van der Waals surface area contributed by atoms with E-state index in [0.717, 1.165) is 12.8 Å². The van der Waals surface area contributed by atoms with Gasteiger partial charge < -0.3 is 14.8 Å². The molecule has 0 fully saturated rings. The number of rotatable bonds is 7. The van der Waals surface area contributed by atoms with E-state index in [1.54, 1.807) is 6.92 Å². The topological polar surface area (TPSA) is 64.6 Å². The van der Waals surface area contributed by atoms with Crippen LogP contribution in [0, 0.1) is 11.3 Å². The van der Waals surface area contributed by atoms with Crippen molar-refractivity contribution in [1.82, 2.24) is 5.32 Å². The first kappa shape index (κ1) is 18.7. The first-order chi connectivity index (χ1) is 9.11. The van der Waals surface area contributed by atoms with E-state index in [-0.39, 0.29) is 5.41 Å². The third-order valence-corrected chi connectivity index (χ3v) is 2.49. The summed E-state index contributed by atoms with van der Waals surface area (Å²) in [6.45, 7) is 12.4. The molecule has 0 bridgehead atoms. The van der Waals surface area contributed by atoms with Gasteiger partial charge in [0.05, 0.1) is 13.2 Å². The summed E-state index contributed by atoms with van der Waals surface area (Å²) in [6, 6.07) is -0.693. The highest BCUT2D eigenvalue weighted by molar-refractivity contribution is 5.80. The van der Waals surface area contributed by atoms with Crippen LogP contribution in [0.25, 0.3) is 0 Å². The van der Waals surface area contributed by atoms with Crippen molar-refractivity contribution < 1.29 is 19.1 Å². The first-order valence-corrected chi connectivity index (χ1v) is 7.22. The van der Waals surface area contributed by atoms with Gasteiger partial charge in [-0.15, -0.1) is 0 Å². The van der Waals surface area contributed by atoms with Crippen LogP contribution in [0.3, 0.4) is 0 Å². The second-order valence-corrected chi connectivity index (χ2v) is 6.71. The maximum Gasteiger partial charge on any atom is 0.407 e. The van der Waals surface area contributed by atoms with E-state index >= 15 is 0 Å². The second kappa shape index (κ2) is 8.82. The number of hydrogen-bond donors (Lipinski definition) is 1. The maximum atomic E-state index is 11.6. The van der Waals surface area contributed by atoms with E-state index in [9.17, 15) is 9.59 Å². The average molecular weight is 287 g/mol. The summed E-state index contributed by atoms with van der Waals surface area (Å²) in [7, 11) is 0. The van der Waals surface area contributed by atoms with E-state index in [1.807, 2.05) is 20.8 Å². The fourth-order valence-electron chi connectivity index (χ4n) is 1.35. The molecule has 0 spiro atoms. The van der Waals surface area contributed by atoms with Gasteiger partial charge in [-0.2, -0.15) is 0 Å². The van der Waals surface area contributed by atoms with Crippen molar-refractivity contribution in [2.45, 2.75) is 60.4 Å². The van der Waals surface area contributed by atoms with E-state index in [2.05, 4.69) is 19.2 Å². The molecule has 0 aliphatic carbocycles. The molecule has 0 aromatic heterocycles. The number of ether oxygens (including phenoxy) is 2. The molecule has 0 aromatic carbocycles. The van der Waals surface area contributed by atoms with Crippen LogP contribution in [0.15, 0.2) is 0 Å². The largest absolute Gasteiger partial charge is 0.464 e. The fourth-order valence-corrected chi connectivity index (χ4v) is 1.35. The predicted molar refractivity (Wildman–Crippen MR) is 78.4 cm³/mol. The molecule has 1 unspecified atom stereocenters. The van der Waals surface area contributed by atoms with E-state index < -0.39 is 18.1 Å². The Hall–Kier alpha value is -1.26. The maximum absolute atomic E-state index is 11.6. The minimum Gasteiger partial charge on any atom is -0.464 e. The molecular formula is C15H29NO4. The molecule has 20 heavy (non-hydrogen) atoms. The van der Waals surface area contributed by atoms with Crippen LogP contribution < -0.4 is 5.32 Å². The number of nitrogens with one attached hydrogen (secondary N) is 1. The Morgan fingerprint density at radius 3 is 2.20 bits per heavy atom. The van der Waals surface area contributed by atoms with Crippen LogP contribution in [0.1, 0.15) is 54.4 Å². The van der Waals surface area contributed by atoms with Gasteiger partial charge >= 0.3 is 12.1 Å². The van der Waals surface area contributed by atoms with Crippen molar-refractivity contribution in [2.24, 2.45) is 11.3 Å². The average Bonchev–Trinajstić information content (AvgIpc) is 2.30. The number of esters is 1. The van der Waals surface area contributed by atoms with Crippen LogP contribution in [0.2, 0.25) is 0 Å². The summed E-state index contributed by atoms with van der Waals surface area (Å²) in [5, 5.41) is 2.47. The van der Waals surface area contributed by atoms with Crippen molar-refractivity contribution in [1.29, 1.82) is 0 Å². The SMILES string of the molecule is CC(C)CCCOC(=O)C(C)NC(=O)OCC(C)(C)C. The van der Waals surface area contributed by atoms with Crippen molar-refractivity contribution in [3.63, 3.8) is 0 Å². The van der Waals surface area contributed by atoms with E-state index in [1.165, 1.54) is 0 Å². The summed E-state index contributed by atoms with van der Waals surface area (Å²) in [4.78, 5) is 23.1. The summed E-state index contributed by atoms with van der Waals surface area (Å²) in [6.07, 6.45) is 1.26. The van der Waals surface area contributed by atoms with Gasteiger partial charge in [-0.3, -0.25) is 0 Å². The molecule has 1 amide bonds. The Kier molecular flexibility index (Phi) is 8.26. The van der Waals surface area contributed by atoms with Crippen LogP contribution in [0.5, 0.6) is 0 Å². The molecule has 0 saturated carbocycles. The highest BCUT2D eigenvalue weighted by Gasteiger charge is 2.19. The summed E-state index contributed by atoms with van der Waals surface area (Å²) in [5.41, 5.74) is -0.0993. The molecule has 0 heterocycles. The molecule has 5 heteroatoms. The third-order valence-electron chi connectivity index (χ3n) is 2.49. The molecular weight excluding hydrogens is 258 g/mol. The smallest absolute Gasteiger partial charge is 0.407 e. The number of carbonyl (C=O) groups excluding carboxylic acids is 2. The molecule has 0 saturated heterocycles. The Balaban J connectivity index is 3.86. The van der Waals surface area contributed by atoms with Gasteiger partial charge in [0, 0.05) is 0 Å². The summed E-state index contributed by atoms with van der Waals surface area (Å²) < 4.78 is 10.1. The summed E-state index contributed by atoms with van der Waals surface area (Å²) in [5.74, 6) is 0.165. The van der Waals surface area contributed by atoms with Crippen LogP contribution in [-0.4, -0.2) is 31.3 Å². The lowest BCUT2D eigenvalue weighted by atomic mass is 9.99. The number of amides is 1. The summed E-state index contributed by atoms with van der Waals surface area (Å²) >= 11 is 0. The number of alkyl carbamates (subject to hydrolysis) is 1. The highest BCUT2D eigenvalue weighted by Crippen LogP contribution is 2.12. The van der Waals surface area contributed by atoms with E-state index in [0.29, 0.717) is 19.1 Å². The first-order valence-electron chi connectivity index (χ1n) is 7.22. The Bertz CT molecular complexity index is 307. The molecule has 0 rings (SSSR count). The Morgan fingerprint density at radius 1 is 1.10 bits per heavy atom. The molecule has 1 atom stereocenters. The molecule has 0 aliphatic heterocycles. The molecule has 118 valence electrons. The van der Waals surface area contributed by atoms with Crippen molar-refractivity contribution in [3.8, 4) is 0 Å². The lowest BCUT2D eigenvalue weighted by Crippen LogP contribution is -2.40. The zero-order valence-corrected chi connectivity index (χ0v) is 13.6. The van der Waals surface area contributed by atoms with Gasteiger partial charge in [-0.1, -0.05) is 34.6 Å². The highest BCUT2D eigenvalue weighted by atomic mass is 16.6. The Labute approximate surface area is 122 Å². The van der Waals surface area contributed by atoms with Crippen molar-refractivity contribution in [3.05, 3.63) is 0 Å². The van der Waals surface area contributed by atoms with Gasteiger partial charge in [-0.25, -0.2) is 9.59 Å². The van der Waals surface area contributed by atoms with Gasteiger partial charge in [0.15, 0.2) is 0 Å². The van der Waals surface area contributed by atoms with Gasteiger partial charge in [0.2, 0.25) is 0 Å². The standard InChI is InChI=1S/C15H29NO4/c1-11(2)8-7-9-19-13(17)12(3)16-14(18)20-10-15(4,5)6/h11-12H,7-10H2,1-6H3,(H,16,18). The molecule has 1 N–H and O–H groups in total. The van der Waals surface area contributed by atoms with Gasteiger partial charge in [0.1, 0.15) is 6.04 Å². The molecule has 5 nitrogen and oxygen atoms in total. The van der Waals surface area contributed by atoms with E-state index in [4.69, 9.17) is 9.47 Å². The van der Waals surface area contributed by atoms with Crippen LogP contribution in [-0.2, 0) is 14.3 Å². The second-order valence-electron chi connectivity index (χ2n) is 6.71. The minimum absolute atomic E-state index is 0.0993. The third kappa shape index (κ3) is 10.6. The van der Waals surface area contributed by atoms with Crippen molar-refractivity contribution >= 4 is 12.1 Å². The molecule has 0 aromatic rings.